The summed E-state index contributed by atoms with van der Waals surface area (Å²) in [5.41, 5.74) is 2.90. The molecule has 0 fully saturated rings. The third kappa shape index (κ3) is 3.14. The molecule has 3 aromatic rings. The van der Waals surface area contributed by atoms with Crippen molar-refractivity contribution < 1.29 is 9.53 Å². The number of thiophene rings is 1. The molecule has 0 atom stereocenters. The Morgan fingerprint density at radius 3 is 2.83 bits per heavy atom. The van der Waals surface area contributed by atoms with Gasteiger partial charge in [0.1, 0.15) is 21.9 Å². The van der Waals surface area contributed by atoms with Crippen molar-refractivity contribution in [1.29, 1.82) is 0 Å². The zero-order valence-electron chi connectivity index (χ0n) is 13.5. The van der Waals surface area contributed by atoms with Gasteiger partial charge in [0, 0.05) is 4.47 Å². The zero-order chi connectivity index (χ0) is 17.3. The molecule has 3 rings (SSSR count). The standard InChI is InChI=1S/C17H16BrN3O2S/c1-4-23-17(22)14-10(3)13-15(19-8-20-16(13)24-14)21-12-6-5-9(2)7-11(12)18/h5-8H,4H2,1-3H3,(H,19,20,21). The molecule has 0 aliphatic heterocycles. The molecule has 2 aromatic heterocycles. The third-order valence-corrected chi connectivity index (χ3v) is 5.40. The molecule has 7 heteroatoms. The minimum atomic E-state index is -0.319. The van der Waals surface area contributed by atoms with Crippen molar-refractivity contribution in [3.63, 3.8) is 0 Å². The van der Waals surface area contributed by atoms with E-state index in [1.54, 1.807) is 6.92 Å². The largest absolute Gasteiger partial charge is 0.462 e. The lowest BCUT2D eigenvalue weighted by atomic mass is 10.2. The second kappa shape index (κ2) is 6.86. The molecule has 5 nitrogen and oxygen atoms in total. The van der Waals surface area contributed by atoms with Gasteiger partial charge in [-0.1, -0.05) is 6.07 Å². The van der Waals surface area contributed by atoms with Crippen LogP contribution in [0.1, 0.15) is 27.7 Å². The number of fused-ring (bicyclic) bond motifs is 1. The van der Waals surface area contributed by atoms with Crippen LogP contribution in [0.4, 0.5) is 11.5 Å². The summed E-state index contributed by atoms with van der Waals surface area (Å²) in [7, 11) is 0. The minimum absolute atomic E-state index is 0.319. The first-order valence-corrected chi connectivity index (χ1v) is 9.06. The van der Waals surface area contributed by atoms with E-state index in [4.69, 9.17) is 4.74 Å². The monoisotopic (exact) mass is 405 g/mol. The maximum Gasteiger partial charge on any atom is 0.348 e. The Labute approximate surface area is 152 Å². The number of hydrogen-bond donors (Lipinski definition) is 1. The van der Waals surface area contributed by atoms with Crippen molar-refractivity contribution in [2.45, 2.75) is 20.8 Å². The highest BCUT2D eigenvalue weighted by atomic mass is 79.9. The predicted octanol–water partition coefficient (Wildman–Crippen LogP) is 4.99. The minimum Gasteiger partial charge on any atom is -0.462 e. The summed E-state index contributed by atoms with van der Waals surface area (Å²) in [4.78, 5) is 22.1. The SMILES string of the molecule is CCOC(=O)c1sc2ncnc(Nc3ccc(C)cc3Br)c2c1C. The number of carbonyl (C=O) groups is 1. The number of benzene rings is 1. The zero-order valence-corrected chi connectivity index (χ0v) is 15.9. The van der Waals surface area contributed by atoms with Crippen molar-refractivity contribution >= 4 is 55.0 Å². The lowest BCUT2D eigenvalue weighted by Crippen LogP contribution is -2.03. The van der Waals surface area contributed by atoms with Gasteiger partial charge in [0.05, 0.1) is 17.7 Å². The number of esters is 1. The van der Waals surface area contributed by atoms with E-state index in [1.807, 2.05) is 32.0 Å². The van der Waals surface area contributed by atoms with Gasteiger partial charge in [-0.25, -0.2) is 14.8 Å². The van der Waals surface area contributed by atoms with E-state index in [-0.39, 0.29) is 5.97 Å². The summed E-state index contributed by atoms with van der Waals surface area (Å²) in [6.45, 7) is 6.07. The highest BCUT2D eigenvalue weighted by Gasteiger charge is 2.20. The predicted molar refractivity (Wildman–Crippen MR) is 100 cm³/mol. The van der Waals surface area contributed by atoms with Gasteiger partial charge in [-0.3, -0.25) is 0 Å². The lowest BCUT2D eigenvalue weighted by molar-refractivity contribution is 0.0531. The molecule has 1 N–H and O–H groups in total. The molecule has 0 amide bonds. The molecule has 0 aliphatic rings. The Hall–Kier alpha value is -1.99. The number of rotatable bonds is 4. The maximum absolute atomic E-state index is 12.1. The van der Waals surface area contributed by atoms with E-state index in [9.17, 15) is 4.79 Å². The van der Waals surface area contributed by atoms with Crippen molar-refractivity contribution in [3.8, 4) is 0 Å². The third-order valence-electron chi connectivity index (χ3n) is 3.57. The average molecular weight is 406 g/mol. The lowest BCUT2D eigenvalue weighted by Gasteiger charge is -2.10. The number of aryl methyl sites for hydroxylation is 2. The molecule has 0 spiro atoms. The van der Waals surface area contributed by atoms with E-state index in [2.05, 4.69) is 31.2 Å². The molecular weight excluding hydrogens is 390 g/mol. The van der Waals surface area contributed by atoms with Crippen LogP contribution in [-0.2, 0) is 4.74 Å². The molecule has 24 heavy (non-hydrogen) atoms. The Morgan fingerprint density at radius 2 is 2.12 bits per heavy atom. The molecule has 0 saturated carbocycles. The first-order chi connectivity index (χ1) is 11.5. The number of nitrogens with one attached hydrogen (secondary N) is 1. The number of anilines is 2. The quantitative estimate of drug-likeness (QED) is 0.619. The van der Waals surface area contributed by atoms with Crippen LogP contribution in [0, 0.1) is 13.8 Å². The summed E-state index contributed by atoms with van der Waals surface area (Å²) in [5, 5.41) is 4.17. The second-order valence-electron chi connectivity index (χ2n) is 5.29. The van der Waals surface area contributed by atoms with Crippen LogP contribution < -0.4 is 5.32 Å². The average Bonchev–Trinajstić information content (AvgIpc) is 2.88. The second-order valence-corrected chi connectivity index (χ2v) is 7.14. The van der Waals surface area contributed by atoms with Crippen LogP contribution in [-0.4, -0.2) is 22.5 Å². The Balaban J connectivity index is 2.07. The Kier molecular flexibility index (Phi) is 4.82. The summed E-state index contributed by atoms with van der Waals surface area (Å²) >= 11 is 4.88. The van der Waals surface area contributed by atoms with Gasteiger partial charge in [0.25, 0.3) is 0 Å². The highest BCUT2D eigenvalue weighted by Crippen LogP contribution is 2.36. The van der Waals surface area contributed by atoms with Crippen LogP contribution in [0.2, 0.25) is 0 Å². The van der Waals surface area contributed by atoms with Crippen molar-refractivity contribution in [2.24, 2.45) is 0 Å². The van der Waals surface area contributed by atoms with E-state index in [1.165, 1.54) is 17.7 Å². The van der Waals surface area contributed by atoms with Crippen LogP contribution in [0.15, 0.2) is 29.0 Å². The summed E-state index contributed by atoms with van der Waals surface area (Å²) in [5.74, 6) is 0.356. The first-order valence-electron chi connectivity index (χ1n) is 7.45. The molecule has 2 heterocycles. The number of carbonyl (C=O) groups excluding carboxylic acids is 1. The molecule has 124 valence electrons. The molecular formula is C17H16BrN3O2S. The molecule has 1 aromatic carbocycles. The van der Waals surface area contributed by atoms with Crippen molar-refractivity contribution in [3.05, 3.63) is 45.0 Å². The number of aromatic nitrogens is 2. The molecule has 0 bridgehead atoms. The van der Waals surface area contributed by atoms with E-state index >= 15 is 0 Å². The van der Waals surface area contributed by atoms with E-state index < -0.39 is 0 Å². The van der Waals surface area contributed by atoms with Crippen LogP contribution >= 0.6 is 27.3 Å². The smallest absolute Gasteiger partial charge is 0.348 e. The molecule has 0 saturated heterocycles. The summed E-state index contributed by atoms with van der Waals surface area (Å²) < 4.78 is 6.08. The van der Waals surface area contributed by atoms with Crippen LogP contribution in [0.25, 0.3) is 10.2 Å². The number of ether oxygens (including phenoxy) is 1. The fourth-order valence-electron chi connectivity index (χ4n) is 2.41. The molecule has 0 radical (unpaired) electrons. The van der Waals surface area contributed by atoms with Gasteiger partial charge in [-0.05, 0) is 60.0 Å². The Bertz CT molecular complexity index is 924. The van der Waals surface area contributed by atoms with Gasteiger partial charge in [0.2, 0.25) is 0 Å². The number of halogens is 1. The number of hydrogen-bond acceptors (Lipinski definition) is 6. The van der Waals surface area contributed by atoms with Gasteiger partial charge >= 0.3 is 5.97 Å². The van der Waals surface area contributed by atoms with Crippen LogP contribution in [0.3, 0.4) is 0 Å². The highest BCUT2D eigenvalue weighted by molar-refractivity contribution is 9.10. The normalized spacial score (nSPS) is 10.8. The van der Waals surface area contributed by atoms with Gasteiger partial charge < -0.3 is 10.1 Å². The fourth-order valence-corrected chi connectivity index (χ4v) is 4.04. The fraction of sp³-hybridized carbons (Fsp3) is 0.235. The van der Waals surface area contributed by atoms with Gasteiger partial charge in [0.15, 0.2) is 0 Å². The van der Waals surface area contributed by atoms with Crippen molar-refractivity contribution in [2.75, 3.05) is 11.9 Å². The maximum atomic E-state index is 12.1. The Morgan fingerprint density at radius 1 is 1.33 bits per heavy atom. The van der Waals surface area contributed by atoms with Crippen LogP contribution in [0.5, 0.6) is 0 Å². The first kappa shape index (κ1) is 16.9. The topological polar surface area (TPSA) is 64.1 Å². The number of nitrogens with zero attached hydrogens (tertiary/aromatic N) is 2. The summed E-state index contributed by atoms with van der Waals surface area (Å²) in [6.07, 6.45) is 1.50. The summed E-state index contributed by atoms with van der Waals surface area (Å²) in [6, 6.07) is 6.04. The molecule has 0 aliphatic carbocycles. The van der Waals surface area contributed by atoms with E-state index in [0.717, 1.165) is 31.5 Å². The van der Waals surface area contributed by atoms with Gasteiger partial charge in [-0.2, -0.15) is 0 Å². The van der Waals surface area contributed by atoms with E-state index in [0.29, 0.717) is 17.3 Å². The van der Waals surface area contributed by atoms with Crippen molar-refractivity contribution in [1.82, 2.24) is 9.97 Å². The van der Waals surface area contributed by atoms with Gasteiger partial charge in [-0.15, -0.1) is 11.3 Å². The molecule has 0 unspecified atom stereocenters.